The van der Waals surface area contributed by atoms with Crippen LogP contribution in [0.5, 0.6) is 0 Å². The van der Waals surface area contributed by atoms with Crippen LogP contribution in [-0.2, 0) is 10.0 Å². The summed E-state index contributed by atoms with van der Waals surface area (Å²) in [6, 6.07) is 9.77. The smallest absolute Gasteiger partial charge is 0.251 e. The Labute approximate surface area is 158 Å². The van der Waals surface area contributed by atoms with Crippen LogP contribution in [0.1, 0.15) is 36.0 Å². The van der Waals surface area contributed by atoms with Gasteiger partial charge in [-0.3, -0.25) is 4.79 Å². The first-order valence-electron chi connectivity index (χ1n) is 8.84. The van der Waals surface area contributed by atoms with Gasteiger partial charge in [-0.05, 0) is 65.8 Å². The molecule has 2 aromatic rings. The van der Waals surface area contributed by atoms with Crippen molar-refractivity contribution in [3.8, 4) is 11.1 Å². The molecule has 0 unspecified atom stereocenters. The Bertz CT molecular complexity index is 877. The summed E-state index contributed by atoms with van der Waals surface area (Å²) in [4.78, 5) is 12.6. The standard InChI is InChI=1S/C19H22N2O3S2/c1-26(23,24)21-17-6-7-18(21)11-16(10-17)20-19(22)14-4-2-13(3-5-14)15-8-9-25-12-15/h2-5,8-9,12,16-18H,6-7,10-11H2,1H3,(H,20,22)/t17-,18-/m0/s1. The number of nitrogens with one attached hydrogen (secondary N) is 1. The van der Waals surface area contributed by atoms with Gasteiger partial charge in [0.15, 0.2) is 0 Å². The third-order valence-corrected chi connectivity index (χ3v) is 7.43. The van der Waals surface area contributed by atoms with Crippen LogP contribution in [-0.4, -0.2) is 43.0 Å². The molecule has 7 heteroatoms. The Balaban J connectivity index is 1.42. The van der Waals surface area contributed by atoms with E-state index in [1.807, 2.05) is 29.6 Å². The van der Waals surface area contributed by atoms with Gasteiger partial charge in [-0.1, -0.05) is 12.1 Å². The van der Waals surface area contributed by atoms with Crippen LogP contribution >= 0.6 is 11.3 Å². The molecule has 26 heavy (non-hydrogen) atoms. The molecule has 1 amide bonds. The number of sulfonamides is 1. The summed E-state index contributed by atoms with van der Waals surface area (Å²) in [6.07, 6.45) is 4.45. The van der Waals surface area contributed by atoms with E-state index in [2.05, 4.69) is 16.8 Å². The van der Waals surface area contributed by atoms with E-state index < -0.39 is 10.0 Å². The number of hydrogen-bond acceptors (Lipinski definition) is 4. The van der Waals surface area contributed by atoms with E-state index in [9.17, 15) is 13.2 Å². The molecule has 1 N–H and O–H groups in total. The first kappa shape index (κ1) is 17.7. The lowest BCUT2D eigenvalue weighted by Crippen LogP contribution is -2.52. The number of rotatable bonds is 4. The summed E-state index contributed by atoms with van der Waals surface area (Å²) in [7, 11) is -3.17. The lowest BCUT2D eigenvalue weighted by molar-refractivity contribution is 0.0909. The molecule has 0 aliphatic carbocycles. The molecule has 138 valence electrons. The van der Waals surface area contributed by atoms with Crippen LogP contribution in [0.4, 0.5) is 0 Å². The molecule has 4 rings (SSSR count). The van der Waals surface area contributed by atoms with Gasteiger partial charge in [0.2, 0.25) is 10.0 Å². The van der Waals surface area contributed by atoms with E-state index >= 15 is 0 Å². The van der Waals surface area contributed by atoms with E-state index in [1.54, 1.807) is 15.6 Å². The van der Waals surface area contributed by atoms with Gasteiger partial charge >= 0.3 is 0 Å². The molecule has 5 nitrogen and oxygen atoms in total. The van der Waals surface area contributed by atoms with Gasteiger partial charge in [0.1, 0.15) is 0 Å². The van der Waals surface area contributed by atoms with Crippen LogP contribution in [0.25, 0.3) is 11.1 Å². The van der Waals surface area contributed by atoms with Crippen LogP contribution in [0.3, 0.4) is 0 Å². The van der Waals surface area contributed by atoms with Crippen LogP contribution < -0.4 is 5.32 Å². The minimum atomic E-state index is -3.17. The first-order valence-corrected chi connectivity index (χ1v) is 11.6. The van der Waals surface area contributed by atoms with Crippen molar-refractivity contribution < 1.29 is 13.2 Å². The van der Waals surface area contributed by atoms with Crippen molar-refractivity contribution in [3.63, 3.8) is 0 Å². The van der Waals surface area contributed by atoms with Crippen molar-refractivity contribution in [2.75, 3.05) is 6.26 Å². The third-order valence-electron chi connectivity index (χ3n) is 5.39. The molecule has 2 aliphatic rings. The molecule has 1 aromatic heterocycles. The molecular weight excluding hydrogens is 368 g/mol. The van der Waals surface area contributed by atoms with Gasteiger partial charge in [-0.25, -0.2) is 8.42 Å². The maximum absolute atomic E-state index is 12.6. The van der Waals surface area contributed by atoms with Crippen molar-refractivity contribution >= 4 is 27.3 Å². The van der Waals surface area contributed by atoms with E-state index in [1.165, 1.54) is 6.26 Å². The molecule has 0 radical (unpaired) electrons. The molecule has 2 saturated heterocycles. The first-order chi connectivity index (χ1) is 12.4. The molecule has 0 saturated carbocycles. The SMILES string of the molecule is CS(=O)(=O)N1[C@H]2CC[C@H]1CC(NC(=O)c1ccc(-c3ccsc3)cc1)C2. The zero-order chi connectivity index (χ0) is 18.3. The normalized spacial score (nSPS) is 26.0. The number of amides is 1. The average molecular weight is 391 g/mol. The van der Waals surface area contributed by atoms with Crippen molar-refractivity contribution in [2.45, 2.75) is 43.8 Å². The number of thiophene rings is 1. The minimum absolute atomic E-state index is 0.0232. The molecular formula is C19H22N2O3S2. The Morgan fingerprint density at radius 3 is 2.27 bits per heavy atom. The Morgan fingerprint density at radius 2 is 1.73 bits per heavy atom. The topological polar surface area (TPSA) is 66.5 Å². The molecule has 2 atom stereocenters. The lowest BCUT2D eigenvalue weighted by atomic mass is 9.99. The van der Waals surface area contributed by atoms with Gasteiger partial charge < -0.3 is 5.32 Å². The van der Waals surface area contributed by atoms with Crippen LogP contribution in [0, 0.1) is 0 Å². The Morgan fingerprint density at radius 1 is 1.08 bits per heavy atom. The number of carbonyl (C=O) groups is 1. The number of nitrogens with zero attached hydrogens (tertiary/aromatic N) is 1. The molecule has 2 aliphatic heterocycles. The van der Waals surface area contributed by atoms with Crippen molar-refractivity contribution in [2.24, 2.45) is 0 Å². The number of hydrogen-bond donors (Lipinski definition) is 1. The summed E-state index contributed by atoms with van der Waals surface area (Å²) in [5, 5.41) is 7.22. The molecule has 2 fully saturated rings. The third kappa shape index (κ3) is 3.43. The van der Waals surface area contributed by atoms with Crippen LogP contribution in [0.2, 0.25) is 0 Å². The van der Waals surface area contributed by atoms with Gasteiger partial charge in [-0.2, -0.15) is 15.6 Å². The van der Waals surface area contributed by atoms with E-state index in [-0.39, 0.29) is 24.0 Å². The highest BCUT2D eigenvalue weighted by atomic mass is 32.2. The zero-order valence-corrected chi connectivity index (χ0v) is 16.2. The number of carbonyl (C=O) groups excluding carboxylic acids is 1. The lowest BCUT2D eigenvalue weighted by Gasteiger charge is -2.37. The number of piperidine rings is 1. The van der Waals surface area contributed by atoms with Gasteiger partial charge in [0.25, 0.3) is 5.91 Å². The monoisotopic (exact) mass is 390 g/mol. The fraction of sp³-hybridized carbons (Fsp3) is 0.421. The highest BCUT2D eigenvalue weighted by molar-refractivity contribution is 7.88. The average Bonchev–Trinajstić information content (AvgIpc) is 3.22. The maximum atomic E-state index is 12.6. The van der Waals surface area contributed by atoms with Gasteiger partial charge in [-0.15, -0.1) is 0 Å². The summed E-state index contributed by atoms with van der Waals surface area (Å²) in [5.41, 5.74) is 2.90. The molecule has 3 heterocycles. The largest absolute Gasteiger partial charge is 0.349 e. The van der Waals surface area contributed by atoms with Crippen molar-refractivity contribution in [3.05, 3.63) is 46.7 Å². The fourth-order valence-electron chi connectivity index (χ4n) is 4.30. The highest BCUT2D eigenvalue weighted by Crippen LogP contribution is 2.37. The predicted molar refractivity (Wildman–Crippen MR) is 104 cm³/mol. The number of fused-ring (bicyclic) bond motifs is 2. The minimum Gasteiger partial charge on any atom is -0.349 e. The zero-order valence-electron chi connectivity index (χ0n) is 14.6. The van der Waals surface area contributed by atoms with Crippen LogP contribution in [0.15, 0.2) is 41.1 Å². The Kier molecular flexibility index (Phi) is 4.62. The van der Waals surface area contributed by atoms with Gasteiger partial charge in [0.05, 0.1) is 6.26 Å². The maximum Gasteiger partial charge on any atom is 0.251 e. The summed E-state index contributed by atoms with van der Waals surface area (Å²) in [6.45, 7) is 0. The summed E-state index contributed by atoms with van der Waals surface area (Å²) in [5.74, 6) is -0.0842. The summed E-state index contributed by atoms with van der Waals surface area (Å²) < 4.78 is 25.6. The molecule has 0 spiro atoms. The van der Waals surface area contributed by atoms with E-state index in [4.69, 9.17) is 0 Å². The van der Waals surface area contributed by atoms with Gasteiger partial charge in [0, 0.05) is 23.7 Å². The van der Waals surface area contributed by atoms with E-state index in [0.29, 0.717) is 18.4 Å². The highest BCUT2D eigenvalue weighted by Gasteiger charge is 2.45. The summed E-state index contributed by atoms with van der Waals surface area (Å²) >= 11 is 1.65. The van der Waals surface area contributed by atoms with Crippen molar-refractivity contribution in [1.29, 1.82) is 0 Å². The predicted octanol–water partition coefficient (Wildman–Crippen LogP) is 3.10. The van der Waals surface area contributed by atoms with E-state index in [0.717, 1.165) is 24.0 Å². The fourth-order valence-corrected chi connectivity index (χ4v) is 6.44. The second-order valence-corrected chi connectivity index (χ2v) is 9.88. The molecule has 1 aromatic carbocycles. The second kappa shape index (κ2) is 6.79. The van der Waals surface area contributed by atoms with Crippen molar-refractivity contribution in [1.82, 2.24) is 9.62 Å². The number of benzene rings is 1. The second-order valence-electron chi connectivity index (χ2n) is 7.21. The molecule has 2 bridgehead atoms. The quantitative estimate of drug-likeness (QED) is 0.872. The Hall–Kier alpha value is -1.70.